The van der Waals surface area contributed by atoms with Crippen molar-refractivity contribution in [1.29, 1.82) is 0 Å². The van der Waals surface area contributed by atoms with Crippen molar-refractivity contribution in [2.24, 2.45) is 0 Å². The van der Waals surface area contributed by atoms with E-state index in [0.29, 0.717) is 51.6 Å². The second kappa shape index (κ2) is 10.9. The van der Waals surface area contributed by atoms with Gasteiger partial charge in [-0.3, -0.25) is 4.57 Å². The summed E-state index contributed by atoms with van der Waals surface area (Å²) in [5.74, 6) is -0.455. The summed E-state index contributed by atoms with van der Waals surface area (Å²) >= 11 is 0. The van der Waals surface area contributed by atoms with Crippen LogP contribution in [0.25, 0.3) is 22.2 Å². The molecule has 0 unspecified atom stereocenters. The first-order chi connectivity index (χ1) is 19.2. The molecule has 5 aromatic rings. The molecule has 0 bridgehead atoms. The highest BCUT2D eigenvalue weighted by atomic mass is 32.2. The van der Waals surface area contributed by atoms with Crippen molar-refractivity contribution in [1.82, 2.24) is 14.7 Å². The molecule has 2 heterocycles. The van der Waals surface area contributed by atoms with E-state index < -0.39 is 16.0 Å². The first kappa shape index (κ1) is 26.9. The topological polar surface area (TPSA) is 126 Å². The zero-order chi connectivity index (χ0) is 28.4. The van der Waals surface area contributed by atoms with Crippen LogP contribution in [0.4, 0.5) is 5.88 Å². The molecule has 206 valence electrons. The second-order valence-electron chi connectivity index (χ2n) is 9.10. The summed E-state index contributed by atoms with van der Waals surface area (Å²) in [5.41, 5.74) is 4.49. The Bertz CT molecular complexity index is 1810. The number of para-hydroxylation sites is 1. The van der Waals surface area contributed by atoms with Crippen molar-refractivity contribution >= 4 is 32.9 Å². The van der Waals surface area contributed by atoms with E-state index in [1.807, 2.05) is 43.3 Å². The van der Waals surface area contributed by atoms with Crippen LogP contribution in [-0.4, -0.2) is 42.8 Å². The zero-order valence-electron chi connectivity index (χ0n) is 22.5. The number of hydrogen-bond donors (Lipinski definition) is 1. The van der Waals surface area contributed by atoms with Crippen LogP contribution >= 0.6 is 0 Å². The zero-order valence-corrected chi connectivity index (χ0v) is 23.3. The molecule has 11 heteroatoms. The Morgan fingerprint density at radius 1 is 1.05 bits per heavy atom. The number of nitrogens with zero attached hydrogens (tertiary/aromatic N) is 3. The lowest BCUT2D eigenvalue weighted by atomic mass is 10.0. The molecule has 0 saturated heterocycles. The number of nitrogens with one attached hydrogen (secondary N) is 1. The van der Waals surface area contributed by atoms with Crippen molar-refractivity contribution < 1.29 is 27.2 Å². The first-order valence-electron chi connectivity index (χ1n) is 12.6. The number of hydrogen-bond acceptors (Lipinski definition) is 8. The number of methoxy groups -OCH3 is 1. The Hall–Kier alpha value is -4.64. The molecule has 0 aliphatic heterocycles. The van der Waals surface area contributed by atoms with Crippen molar-refractivity contribution in [3.05, 3.63) is 89.1 Å². The monoisotopic (exact) mass is 560 g/mol. The quantitative estimate of drug-likeness (QED) is 0.239. The van der Waals surface area contributed by atoms with Crippen molar-refractivity contribution in [2.75, 3.05) is 18.4 Å². The minimum absolute atomic E-state index is 0.0558. The van der Waals surface area contributed by atoms with Gasteiger partial charge in [0.2, 0.25) is 5.88 Å². The number of ether oxygens (including phenoxy) is 2. The number of benzene rings is 3. The van der Waals surface area contributed by atoms with Crippen LogP contribution in [0.5, 0.6) is 6.01 Å². The number of fused-ring (bicyclic) bond motifs is 1. The fourth-order valence-corrected chi connectivity index (χ4v) is 5.76. The van der Waals surface area contributed by atoms with Crippen LogP contribution in [-0.2, 0) is 21.3 Å². The average molecular weight is 561 g/mol. The van der Waals surface area contributed by atoms with Gasteiger partial charge in [0.25, 0.3) is 16.0 Å². The minimum Gasteiger partial charge on any atom is -0.465 e. The molecule has 40 heavy (non-hydrogen) atoms. The fourth-order valence-electron chi connectivity index (χ4n) is 4.44. The molecule has 10 nitrogen and oxygen atoms in total. The highest BCUT2D eigenvalue weighted by molar-refractivity contribution is 7.92. The SMILES string of the molecule is CCOc1nc2cccc(C(=O)OC)c2n1Cc1ccc(-c2ccccc2)c(S(=O)(=O)Nc2onc(C)c2C)c1. The van der Waals surface area contributed by atoms with E-state index in [9.17, 15) is 13.2 Å². The third-order valence-corrected chi connectivity index (χ3v) is 7.93. The second-order valence-corrected chi connectivity index (χ2v) is 10.8. The number of imidazole rings is 1. The molecule has 1 N–H and O–H groups in total. The maximum Gasteiger partial charge on any atom is 0.340 e. The summed E-state index contributed by atoms with van der Waals surface area (Å²) < 4.78 is 47.9. The van der Waals surface area contributed by atoms with E-state index in [1.54, 1.807) is 48.7 Å². The summed E-state index contributed by atoms with van der Waals surface area (Å²) in [6, 6.07) is 19.9. The van der Waals surface area contributed by atoms with E-state index in [4.69, 9.17) is 14.0 Å². The lowest BCUT2D eigenvalue weighted by molar-refractivity contribution is 0.0602. The summed E-state index contributed by atoms with van der Waals surface area (Å²) in [6.45, 7) is 5.83. The van der Waals surface area contributed by atoms with E-state index in [-0.39, 0.29) is 17.3 Å². The summed E-state index contributed by atoms with van der Waals surface area (Å²) in [6.07, 6.45) is 0. The molecular formula is C29H28N4O6S. The van der Waals surface area contributed by atoms with Crippen LogP contribution in [0.15, 0.2) is 76.1 Å². The predicted molar refractivity (Wildman–Crippen MR) is 150 cm³/mol. The molecule has 0 atom stereocenters. The third-order valence-electron chi connectivity index (χ3n) is 6.56. The molecule has 5 rings (SSSR count). The highest BCUT2D eigenvalue weighted by Crippen LogP contribution is 2.33. The van der Waals surface area contributed by atoms with Crippen LogP contribution < -0.4 is 9.46 Å². The molecular weight excluding hydrogens is 532 g/mol. The van der Waals surface area contributed by atoms with Gasteiger partial charge in [-0.25, -0.2) is 17.9 Å². The smallest absolute Gasteiger partial charge is 0.340 e. The molecule has 0 radical (unpaired) electrons. The molecule has 3 aromatic carbocycles. The van der Waals surface area contributed by atoms with Gasteiger partial charge in [0.15, 0.2) is 0 Å². The Morgan fingerprint density at radius 2 is 1.82 bits per heavy atom. The standard InChI is InChI=1S/C29H28N4O6S/c1-5-38-29-30-24-13-9-12-23(28(34)37-4)26(24)33(29)17-20-14-15-22(21-10-7-6-8-11-21)25(16-20)40(35,36)32-27-18(2)19(3)31-39-27/h6-16,32H,5,17H2,1-4H3. The Balaban J connectivity index is 1.66. The molecule has 0 aliphatic carbocycles. The number of sulfonamides is 1. The van der Waals surface area contributed by atoms with Gasteiger partial charge in [-0.15, -0.1) is 0 Å². The molecule has 2 aromatic heterocycles. The molecule has 0 saturated carbocycles. The van der Waals surface area contributed by atoms with E-state index >= 15 is 0 Å². The van der Waals surface area contributed by atoms with Crippen molar-refractivity contribution in [2.45, 2.75) is 32.2 Å². The molecule has 0 amide bonds. The van der Waals surface area contributed by atoms with Crippen molar-refractivity contribution in [3.63, 3.8) is 0 Å². The maximum absolute atomic E-state index is 13.8. The number of aromatic nitrogens is 3. The molecule has 0 spiro atoms. The van der Waals surface area contributed by atoms with Gasteiger partial charge in [0.05, 0.1) is 47.4 Å². The van der Waals surface area contributed by atoms with Gasteiger partial charge in [-0.2, -0.15) is 4.98 Å². The van der Waals surface area contributed by atoms with Gasteiger partial charge in [-0.05, 0) is 50.1 Å². The largest absolute Gasteiger partial charge is 0.465 e. The van der Waals surface area contributed by atoms with Gasteiger partial charge < -0.3 is 14.0 Å². The first-order valence-corrected chi connectivity index (χ1v) is 14.1. The average Bonchev–Trinajstić information content (AvgIpc) is 3.47. The molecule has 0 aliphatic rings. The van der Waals surface area contributed by atoms with Crippen molar-refractivity contribution in [3.8, 4) is 17.1 Å². The van der Waals surface area contributed by atoms with Crippen LogP contribution in [0, 0.1) is 13.8 Å². The van der Waals surface area contributed by atoms with Gasteiger partial charge in [0, 0.05) is 11.1 Å². The number of esters is 1. The number of aryl methyl sites for hydroxylation is 1. The van der Waals surface area contributed by atoms with Crippen LogP contribution in [0.1, 0.15) is 34.1 Å². The Kier molecular flexibility index (Phi) is 7.31. The number of carbonyl (C=O) groups is 1. The normalized spacial score (nSPS) is 11.5. The number of rotatable bonds is 9. The lowest BCUT2D eigenvalue weighted by Crippen LogP contribution is -2.15. The number of carbonyl (C=O) groups excluding carboxylic acids is 1. The fraction of sp³-hybridized carbons (Fsp3) is 0.207. The van der Waals surface area contributed by atoms with Crippen LogP contribution in [0.3, 0.4) is 0 Å². The van der Waals surface area contributed by atoms with Gasteiger partial charge in [-0.1, -0.05) is 53.7 Å². The van der Waals surface area contributed by atoms with Gasteiger partial charge >= 0.3 is 5.97 Å². The summed E-state index contributed by atoms with van der Waals surface area (Å²) in [5, 5.41) is 3.86. The van der Waals surface area contributed by atoms with E-state index in [2.05, 4.69) is 14.9 Å². The maximum atomic E-state index is 13.8. The van der Waals surface area contributed by atoms with E-state index in [0.717, 1.165) is 5.56 Å². The van der Waals surface area contributed by atoms with Crippen LogP contribution in [0.2, 0.25) is 0 Å². The molecule has 0 fully saturated rings. The summed E-state index contributed by atoms with van der Waals surface area (Å²) in [7, 11) is -2.79. The number of anilines is 1. The highest BCUT2D eigenvalue weighted by Gasteiger charge is 2.25. The lowest BCUT2D eigenvalue weighted by Gasteiger charge is -2.15. The predicted octanol–water partition coefficient (Wildman–Crippen LogP) is 5.34. The summed E-state index contributed by atoms with van der Waals surface area (Å²) in [4.78, 5) is 17.2. The third kappa shape index (κ3) is 5.03. The van der Waals surface area contributed by atoms with E-state index in [1.165, 1.54) is 7.11 Å². The minimum atomic E-state index is -4.11. The Morgan fingerprint density at radius 3 is 2.50 bits per heavy atom. The van der Waals surface area contributed by atoms with Gasteiger partial charge in [0.1, 0.15) is 0 Å². The Labute approximate surface area is 231 Å².